The molecule has 1 amide bonds. The van der Waals surface area contributed by atoms with Gasteiger partial charge in [0.2, 0.25) is 0 Å². The van der Waals surface area contributed by atoms with Gasteiger partial charge in [0.05, 0.1) is 0 Å². The molecular weight excluding hydrogens is 285 g/mol. The summed E-state index contributed by atoms with van der Waals surface area (Å²) in [6.45, 7) is 4.21. The van der Waals surface area contributed by atoms with E-state index in [-0.39, 0.29) is 6.09 Å². The number of carbonyl (C=O) groups is 1. The first kappa shape index (κ1) is 15.2. The molecule has 0 atom stereocenters. The topological polar surface area (TPSA) is 44.8 Å². The number of amides is 1. The van der Waals surface area contributed by atoms with Gasteiger partial charge in [0.1, 0.15) is 12.3 Å². The van der Waals surface area contributed by atoms with Crippen molar-refractivity contribution in [2.24, 2.45) is 0 Å². The molecule has 0 aromatic heterocycles. The largest absolute Gasteiger partial charge is 0.445 e. The number of halogens is 1. The number of hydrogen-bond donors (Lipinski definition) is 1. The third-order valence-corrected chi connectivity index (χ3v) is 4.23. The second-order valence-electron chi connectivity index (χ2n) is 6.06. The molecule has 1 aromatic carbocycles. The van der Waals surface area contributed by atoms with Gasteiger partial charge in [-0.15, -0.1) is 0 Å². The maximum absolute atomic E-state index is 14.0. The summed E-state index contributed by atoms with van der Waals surface area (Å²) < 4.78 is 19.4. The van der Waals surface area contributed by atoms with Crippen LogP contribution in [0.5, 0.6) is 0 Å². The van der Waals surface area contributed by atoms with E-state index in [1.165, 1.54) is 0 Å². The minimum absolute atomic E-state index is 0.288. The van der Waals surface area contributed by atoms with Crippen LogP contribution in [-0.2, 0) is 11.3 Å². The van der Waals surface area contributed by atoms with Crippen molar-refractivity contribution in [3.05, 3.63) is 35.9 Å². The highest BCUT2D eigenvalue weighted by Crippen LogP contribution is 2.19. The summed E-state index contributed by atoms with van der Waals surface area (Å²) in [7, 11) is 0. The van der Waals surface area contributed by atoms with Crippen LogP contribution < -0.4 is 5.32 Å². The summed E-state index contributed by atoms with van der Waals surface area (Å²) in [6, 6.07) is 9.63. The van der Waals surface area contributed by atoms with Crippen molar-refractivity contribution in [2.75, 3.05) is 45.8 Å². The molecule has 120 valence electrons. The van der Waals surface area contributed by atoms with E-state index in [1.807, 2.05) is 30.3 Å². The summed E-state index contributed by atoms with van der Waals surface area (Å²) in [6.07, 6.45) is -0.288. The number of benzene rings is 1. The summed E-state index contributed by atoms with van der Waals surface area (Å²) in [5, 5.41) is 2.96. The first-order valence-electron chi connectivity index (χ1n) is 7.72. The van der Waals surface area contributed by atoms with Crippen LogP contribution in [0, 0.1) is 0 Å². The fourth-order valence-electron chi connectivity index (χ4n) is 2.81. The van der Waals surface area contributed by atoms with Crippen LogP contribution in [0.3, 0.4) is 0 Å². The van der Waals surface area contributed by atoms with E-state index in [2.05, 4.69) is 10.2 Å². The summed E-state index contributed by atoms with van der Waals surface area (Å²) in [5.41, 5.74) is -0.109. The Morgan fingerprint density at radius 3 is 2.45 bits per heavy atom. The van der Waals surface area contributed by atoms with Crippen LogP contribution in [0.25, 0.3) is 0 Å². The number of nitrogens with zero attached hydrogens (tertiary/aromatic N) is 2. The van der Waals surface area contributed by atoms with Gasteiger partial charge in [-0.25, -0.2) is 9.18 Å². The lowest BCUT2D eigenvalue weighted by Gasteiger charge is -2.42. The van der Waals surface area contributed by atoms with Crippen LogP contribution in [-0.4, -0.2) is 67.4 Å². The highest BCUT2D eigenvalue weighted by molar-refractivity contribution is 5.67. The molecule has 2 fully saturated rings. The van der Waals surface area contributed by atoms with Crippen molar-refractivity contribution >= 4 is 6.09 Å². The Kier molecular flexibility index (Phi) is 4.59. The number of ether oxygens (including phenoxy) is 1. The summed E-state index contributed by atoms with van der Waals surface area (Å²) in [4.78, 5) is 15.8. The van der Waals surface area contributed by atoms with Gasteiger partial charge in [-0.05, 0) is 5.56 Å². The minimum Gasteiger partial charge on any atom is -0.445 e. The fourth-order valence-corrected chi connectivity index (χ4v) is 2.81. The Morgan fingerprint density at radius 2 is 1.86 bits per heavy atom. The molecule has 22 heavy (non-hydrogen) atoms. The minimum atomic E-state index is -1.09. The van der Waals surface area contributed by atoms with Gasteiger partial charge >= 0.3 is 6.09 Å². The third kappa shape index (κ3) is 3.75. The molecule has 3 rings (SSSR count). The Labute approximate surface area is 130 Å². The first-order valence-corrected chi connectivity index (χ1v) is 7.72. The smallest absolute Gasteiger partial charge is 0.410 e. The number of nitrogens with one attached hydrogen (secondary N) is 1. The quantitative estimate of drug-likeness (QED) is 0.909. The Morgan fingerprint density at radius 1 is 1.18 bits per heavy atom. The van der Waals surface area contributed by atoms with Crippen molar-refractivity contribution in [3.63, 3.8) is 0 Å². The predicted octanol–water partition coefficient (Wildman–Crippen LogP) is 1.25. The van der Waals surface area contributed by atoms with Crippen LogP contribution >= 0.6 is 0 Å². The average molecular weight is 307 g/mol. The molecule has 6 heteroatoms. The fraction of sp³-hybridized carbons (Fsp3) is 0.562. The lowest BCUT2D eigenvalue weighted by molar-refractivity contribution is 0.0189. The van der Waals surface area contributed by atoms with Crippen molar-refractivity contribution in [1.82, 2.24) is 15.1 Å². The maximum atomic E-state index is 14.0. The molecule has 0 saturated carbocycles. The third-order valence-electron chi connectivity index (χ3n) is 4.23. The molecule has 2 saturated heterocycles. The molecule has 2 aliphatic heterocycles. The highest BCUT2D eigenvalue weighted by atomic mass is 19.1. The lowest BCUT2D eigenvalue weighted by Crippen LogP contribution is -2.63. The van der Waals surface area contributed by atoms with Crippen LogP contribution in [0.2, 0.25) is 0 Å². The second-order valence-corrected chi connectivity index (χ2v) is 6.06. The number of carbonyl (C=O) groups excluding carboxylic acids is 1. The van der Waals surface area contributed by atoms with E-state index in [4.69, 9.17) is 4.74 Å². The summed E-state index contributed by atoms with van der Waals surface area (Å²) >= 11 is 0. The van der Waals surface area contributed by atoms with Crippen LogP contribution in [0.15, 0.2) is 30.3 Å². The SMILES string of the molecule is O=C(OCc1ccccc1)N1CCN(CC2(F)CNC2)CC1. The van der Waals surface area contributed by atoms with E-state index >= 15 is 0 Å². The van der Waals surface area contributed by atoms with Crippen LogP contribution in [0.1, 0.15) is 5.56 Å². The molecule has 0 aliphatic carbocycles. The standard InChI is InChI=1S/C16H22FN3O2/c17-16(11-18-12-16)13-19-6-8-20(9-7-19)15(21)22-10-14-4-2-1-3-5-14/h1-5,18H,6-13H2. The first-order chi connectivity index (χ1) is 10.6. The zero-order chi connectivity index (χ0) is 15.4. The van der Waals surface area contributed by atoms with Gasteiger partial charge in [0.15, 0.2) is 0 Å². The number of piperazine rings is 1. The molecule has 0 radical (unpaired) electrons. The predicted molar refractivity (Wildman–Crippen MR) is 81.3 cm³/mol. The second kappa shape index (κ2) is 6.62. The van der Waals surface area contributed by atoms with Crippen molar-refractivity contribution in [1.29, 1.82) is 0 Å². The van der Waals surface area contributed by atoms with Gasteiger partial charge in [-0.1, -0.05) is 30.3 Å². The van der Waals surface area contributed by atoms with E-state index in [0.29, 0.717) is 52.4 Å². The van der Waals surface area contributed by atoms with Gasteiger partial charge < -0.3 is 15.0 Å². The van der Waals surface area contributed by atoms with Gasteiger partial charge in [0, 0.05) is 45.8 Å². The number of rotatable bonds is 4. The normalized spacial score (nSPS) is 21.2. The molecule has 2 aliphatic rings. The molecule has 0 spiro atoms. The Balaban J connectivity index is 1.40. The van der Waals surface area contributed by atoms with E-state index < -0.39 is 5.67 Å². The maximum Gasteiger partial charge on any atom is 0.410 e. The van der Waals surface area contributed by atoms with Gasteiger partial charge in [-0.2, -0.15) is 0 Å². The lowest BCUT2D eigenvalue weighted by atomic mass is 9.98. The van der Waals surface area contributed by atoms with Crippen LogP contribution in [0.4, 0.5) is 9.18 Å². The molecule has 1 aromatic rings. The average Bonchev–Trinajstić information content (AvgIpc) is 2.53. The van der Waals surface area contributed by atoms with Gasteiger partial charge in [0.25, 0.3) is 0 Å². The molecule has 0 bridgehead atoms. The highest BCUT2D eigenvalue weighted by Gasteiger charge is 2.39. The molecule has 2 heterocycles. The van der Waals surface area contributed by atoms with E-state index in [9.17, 15) is 9.18 Å². The molecular formula is C16H22FN3O2. The number of alkyl halides is 1. The molecule has 0 unspecified atom stereocenters. The van der Waals surface area contributed by atoms with Crippen molar-refractivity contribution < 1.29 is 13.9 Å². The molecule has 5 nitrogen and oxygen atoms in total. The Bertz CT molecular complexity index is 499. The van der Waals surface area contributed by atoms with Crippen molar-refractivity contribution in [3.8, 4) is 0 Å². The van der Waals surface area contributed by atoms with E-state index in [0.717, 1.165) is 5.56 Å². The Hall–Kier alpha value is -1.66. The number of hydrogen-bond acceptors (Lipinski definition) is 4. The van der Waals surface area contributed by atoms with Gasteiger partial charge in [-0.3, -0.25) is 4.90 Å². The monoisotopic (exact) mass is 307 g/mol. The molecule has 1 N–H and O–H groups in total. The van der Waals surface area contributed by atoms with E-state index in [1.54, 1.807) is 4.90 Å². The zero-order valence-electron chi connectivity index (χ0n) is 12.6. The summed E-state index contributed by atoms with van der Waals surface area (Å²) in [5.74, 6) is 0. The van der Waals surface area contributed by atoms with Crippen molar-refractivity contribution in [2.45, 2.75) is 12.3 Å². The zero-order valence-corrected chi connectivity index (χ0v) is 12.6.